The predicted octanol–water partition coefficient (Wildman–Crippen LogP) is 1.08. The molecule has 14 heavy (non-hydrogen) atoms. The Morgan fingerprint density at radius 3 is 1.86 bits per heavy atom. The van der Waals surface area contributed by atoms with Gasteiger partial charge in [-0.1, -0.05) is 24.3 Å². The van der Waals surface area contributed by atoms with Crippen LogP contribution in [0.2, 0.25) is 0 Å². The van der Waals surface area contributed by atoms with Gasteiger partial charge in [0.25, 0.3) is 0 Å². The summed E-state index contributed by atoms with van der Waals surface area (Å²) in [5.41, 5.74) is 1.13. The van der Waals surface area contributed by atoms with E-state index in [0.29, 0.717) is 0 Å². The Morgan fingerprint density at radius 2 is 1.43 bits per heavy atom. The number of rotatable bonds is 4. The minimum absolute atomic E-state index is 1.02. The van der Waals surface area contributed by atoms with Crippen LogP contribution in [0.25, 0.3) is 0 Å². The Labute approximate surface area is 86.0 Å². The molecule has 3 nitrogen and oxygen atoms in total. The summed E-state index contributed by atoms with van der Waals surface area (Å²) in [6, 6.07) is 7.95. The second-order valence-electron chi connectivity index (χ2n) is 2.98. The number of benzene rings is 1. The molecule has 0 radical (unpaired) electrons. The molecule has 0 heterocycles. The third-order valence-corrected chi connectivity index (χ3v) is 5.11. The molecule has 1 aromatic carbocycles. The highest BCUT2D eigenvalue weighted by Gasteiger charge is 2.41. The normalized spacial score (nSPS) is 11.7. The van der Waals surface area contributed by atoms with Crippen LogP contribution in [0.5, 0.6) is 0 Å². The van der Waals surface area contributed by atoms with Gasteiger partial charge in [-0.3, -0.25) is 0 Å². The minimum Gasteiger partial charge on any atom is -0.373 e. The van der Waals surface area contributed by atoms with Gasteiger partial charge in [0.15, 0.2) is 0 Å². The van der Waals surface area contributed by atoms with Gasteiger partial charge in [-0.2, -0.15) is 0 Å². The molecular weight excluding hydrogens is 196 g/mol. The zero-order valence-corrected chi connectivity index (χ0v) is 10.0. The number of hydrogen-bond donors (Lipinski definition) is 0. The van der Waals surface area contributed by atoms with Crippen LogP contribution < -0.4 is 5.19 Å². The van der Waals surface area contributed by atoms with E-state index in [-0.39, 0.29) is 0 Å². The zero-order chi connectivity index (χ0) is 10.6. The van der Waals surface area contributed by atoms with Crippen molar-refractivity contribution in [2.24, 2.45) is 0 Å². The maximum absolute atomic E-state index is 5.40. The Balaban J connectivity index is 3.17. The maximum Gasteiger partial charge on any atom is 0.536 e. The second kappa shape index (κ2) is 4.70. The molecule has 1 rings (SSSR count). The average molecular weight is 212 g/mol. The van der Waals surface area contributed by atoms with E-state index in [0.717, 1.165) is 10.8 Å². The van der Waals surface area contributed by atoms with Crippen LogP contribution in [0.1, 0.15) is 5.56 Å². The Kier molecular flexibility index (Phi) is 3.83. The molecule has 0 aliphatic carbocycles. The van der Waals surface area contributed by atoms with Gasteiger partial charge >= 0.3 is 8.80 Å². The van der Waals surface area contributed by atoms with Crippen LogP contribution in [-0.2, 0) is 13.3 Å². The average Bonchev–Trinajstić information content (AvgIpc) is 2.24. The molecular formula is C10H16O3Si. The van der Waals surface area contributed by atoms with Gasteiger partial charge in [-0.25, -0.2) is 0 Å². The van der Waals surface area contributed by atoms with Crippen molar-refractivity contribution in [1.82, 2.24) is 0 Å². The van der Waals surface area contributed by atoms with Crippen molar-refractivity contribution in [3.8, 4) is 0 Å². The van der Waals surface area contributed by atoms with Gasteiger partial charge in [0.2, 0.25) is 0 Å². The summed E-state index contributed by atoms with van der Waals surface area (Å²) in [5, 5.41) is 1.02. The quantitative estimate of drug-likeness (QED) is 0.699. The summed E-state index contributed by atoms with van der Waals surface area (Å²) >= 11 is 0. The van der Waals surface area contributed by atoms with Crippen molar-refractivity contribution in [1.29, 1.82) is 0 Å². The SMILES string of the molecule is CO[Si](OC)(OC)c1ccccc1C. The molecule has 0 N–H and O–H groups in total. The molecule has 0 fully saturated rings. The largest absolute Gasteiger partial charge is 0.536 e. The van der Waals surface area contributed by atoms with Crippen molar-refractivity contribution >= 4 is 14.0 Å². The molecule has 0 amide bonds. The molecule has 0 aliphatic heterocycles. The summed E-state index contributed by atoms with van der Waals surface area (Å²) < 4.78 is 16.2. The van der Waals surface area contributed by atoms with E-state index in [4.69, 9.17) is 13.3 Å². The lowest BCUT2D eigenvalue weighted by molar-refractivity contribution is 0.140. The molecule has 0 saturated carbocycles. The third kappa shape index (κ3) is 1.88. The molecule has 4 heteroatoms. The van der Waals surface area contributed by atoms with Crippen LogP contribution in [-0.4, -0.2) is 30.1 Å². The lowest BCUT2D eigenvalue weighted by atomic mass is 10.2. The summed E-state index contributed by atoms with van der Waals surface area (Å²) in [6.45, 7) is 2.02. The van der Waals surface area contributed by atoms with Crippen molar-refractivity contribution in [3.63, 3.8) is 0 Å². The van der Waals surface area contributed by atoms with Gasteiger partial charge in [-0.15, -0.1) is 0 Å². The lowest BCUT2D eigenvalue weighted by Gasteiger charge is -2.25. The van der Waals surface area contributed by atoms with E-state index in [1.165, 1.54) is 0 Å². The number of aryl methyl sites for hydroxylation is 1. The Hall–Kier alpha value is -0.683. The molecule has 0 spiro atoms. The van der Waals surface area contributed by atoms with Crippen molar-refractivity contribution in [2.45, 2.75) is 6.92 Å². The topological polar surface area (TPSA) is 27.7 Å². The first kappa shape index (κ1) is 11.4. The predicted molar refractivity (Wildman–Crippen MR) is 57.6 cm³/mol. The number of hydrogen-bond acceptors (Lipinski definition) is 3. The highest BCUT2D eigenvalue weighted by atomic mass is 28.4. The second-order valence-corrected chi connectivity index (χ2v) is 5.86. The van der Waals surface area contributed by atoms with Crippen molar-refractivity contribution in [2.75, 3.05) is 21.3 Å². The minimum atomic E-state index is -2.64. The first-order valence-corrected chi connectivity index (χ1v) is 6.14. The van der Waals surface area contributed by atoms with Crippen LogP contribution in [0.3, 0.4) is 0 Å². The molecule has 0 saturated heterocycles. The fourth-order valence-corrected chi connectivity index (χ4v) is 3.52. The molecule has 1 aromatic rings. The highest BCUT2D eigenvalue weighted by Crippen LogP contribution is 2.09. The Bertz CT molecular complexity index is 289. The summed E-state index contributed by atoms with van der Waals surface area (Å²) in [7, 11) is 2.21. The van der Waals surface area contributed by atoms with Crippen molar-refractivity contribution in [3.05, 3.63) is 29.8 Å². The molecule has 0 aliphatic rings. The molecule has 0 unspecified atom stereocenters. The summed E-state index contributed by atoms with van der Waals surface area (Å²) in [4.78, 5) is 0. The summed E-state index contributed by atoms with van der Waals surface area (Å²) in [5.74, 6) is 0. The molecule has 78 valence electrons. The van der Waals surface area contributed by atoms with Gasteiger partial charge in [0.1, 0.15) is 0 Å². The lowest BCUT2D eigenvalue weighted by Crippen LogP contribution is -2.55. The Morgan fingerprint density at radius 1 is 0.929 bits per heavy atom. The van der Waals surface area contributed by atoms with Crippen LogP contribution in [0.15, 0.2) is 24.3 Å². The van der Waals surface area contributed by atoms with Crippen LogP contribution in [0, 0.1) is 6.92 Å². The summed E-state index contributed by atoms with van der Waals surface area (Å²) in [6.07, 6.45) is 0. The van der Waals surface area contributed by atoms with E-state index in [2.05, 4.69) is 0 Å². The first-order valence-electron chi connectivity index (χ1n) is 4.41. The molecule has 0 atom stereocenters. The van der Waals surface area contributed by atoms with Crippen LogP contribution in [0.4, 0.5) is 0 Å². The van der Waals surface area contributed by atoms with Gasteiger partial charge in [0, 0.05) is 26.5 Å². The van der Waals surface area contributed by atoms with Gasteiger partial charge in [-0.05, 0) is 12.5 Å². The van der Waals surface area contributed by atoms with Crippen LogP contribution >= 0.6 is 0 Å². The van der Waals surface area contributed by atoms with Gasteiger partial charge < -0.3 is 13.3 Å². The van der Waals surface area contributed by atoms with Gasteiger partial charge in [0.05, 0.1) is 0 Å². The highest BCUT2D eigenvalue weighted by molar-refractivity contribution is 6.75. The smallest absolute Gasteiger partial charge is 0.373 e. The van der Waals surface area contributed by atoms with E-state index in [1.54, 1.807) is 21.3 Å². The fourth-order valence-electron chi connectivity index (χ4n) is 1.50. The fraction of sp³-hybridized carbons (Fsp3) is 0.400. The van der Waals surface area contributed by atoms with E-state index in [9.17, 15) is 0 Å². The van der Waals surface area contributed by atoms with E-state index >= 15 is 0 Å². The maximum atomic E-state index is 5.40. The van der Waals surface area contributed by atoms with E-state index < -0.39 is 8.80 Å². The standard InChI is InChI=1S/C10H16O3Si/c1-9-7-5-6-8-10(9)14(11-2,12-3)13-4/h5-8H,1-4H3. The first-order chi connectivity index (χ1) is 6.70. The zero-order valence-electron chi connectivity index (χ0n) is 9.03. The molecule has 0 aromatic heterocycles. The third-order valence-electron chi connectivity index (χ3n) is 2.28. The monoisotopic (exact) mass is 212 g/mol. The molecule has 0 bridgehead atoms. The van der Waals surface area contributed by atoms with Crippen molar-refractivity contribution < 1.29 is 13.3 Å². The van der Waals surface area contributed by atoms with E-state index in [1.807, 2.05) is 31.2 Å².